The number of rotatable bonds is 3. The maximum absolute atomic E-state index is 12.4. The van der Waals surface area contributed by atoms with Crippen molar-refractivity contribution in [3.05, 3.63) is 65.7 Å². The molecule has 1 aliphatic rings. The largest absolute Gasteiger partial charge is 0.391 e. The summed E-state index contributed by atoms with van der Waals surface area (Å²) < 4.78 is 0. The fourth-order valence-electron chi connectivity index (χ4n) is 2.81. The van der Waals surface area contributed by atoms with Gasteiger partial charge in [0.05, 0.1) is 6.10 Å². The number of carbonyl (C=O) groups is 2. The Kier molecular flexibility index (Phi) is 4.91. The van der Waals surface area contributed by atoms with Crippen molar-refractivity contribution < 1.29 is 14.7 Å². The molecular formula is C19H20N2O3. The summed E-state index contributed by atoms with van der Waals surface area (Å²) in [7, 11) is 0. The van der Waals surface area contributed by atoms with Crippen LogP contribution in [0.25, 0.3) is 0 Å². The molecule has 124 valence electrons. The van der Waals surface area contributed by atoms with E-state index in [-0.39, 0.29) is 11.8 Å². The summed E-state index contributed by atoms with van der Waals surface area (Å²) in [5.74, 6) is -0.275. The van der Waals surface area contributed by atoms with E-state index in [2.05, 4.69) is 5.32 Å². The summed E-state index contributed by atoms with van der Waals surface area (Å²) in [6.07, 6.45) is 1.12. The van der Waals surface area contributed by atoms with Crippen LogP contribution in [0.1, 0.15) is 33.6 Å². The average Bonchev–Trinajstić information content (AvgIpc) is 2.62. The number of nitrogens with zero attached hydrogens (tertiary/aromatic N) is 1. The lowest BCUT2D eigenvalue weighted by atomic mass is 10.1. The number of carbonyl (C=O) groups excluding carboxylic acids is 2. The van der Waals surface area contributed by atoms with Crippen LogP contribution in [0.5, 0.6) is 0 Å². The second-order valence-electron chi connectivity index (χ2n) is 5.94. The predicted octanol–water partition coefficient (Wildman–Crippen LogP) is 2.54. The van der Waals surface area contributed by atoms with Crippen LogP contribution in [-0.4, -0.2) is 41.0 Å². The molecule has 1 unspecified atom stereocenters. The van der Waals surface area contributed by atoms with Crippen molar-refractivity contribution in [2.24, 2.45) is 0 Å². The van der Waals surface area contributed by atoms with E-state index in [1.807, 2.05) is 18.2 Å². The normalized spacial score (nSPS) is 17.4. The number of piperidine rings is 1. The molecule has 2 aromatic rings. The topological polar surface area (TPSA) is 69.6 Å². The molecule has 1 aliphatic heterocycles. The van der Waals surface area contributed by atoms with Crippen molar-refractivity contribution in [2.45, 2.75) is 18.9 Å². The Morgan fingerprint density at radius 2 is 1.71 bits per heavy atom. The minimum absolute atomic E-state index is 0.0883. The van der Waals surface area contributed by atoms with Crippen LogP contribution in [0.15, 0.2) is 54.6 Å². The van der Waals surface area contributed by atoms with Gasteiger partial charge in [-0.3, -0.25) is 9.59 Å². The van der Waals surface area contributed by atoms with Gasteiger partial charge >= 0.3 is 0 Å². The Morgan fingerprint density at radius 3 is 2.38 bits per heavy atom. The summed E-state index contributed by atoms with van der Waals surface area (Å²) >= 11 is 0. The fourth-order valence-corrected chi connectivity index (χ4v) is 2.81. The Hall–Kier alpha value is -2.66. The van der Waals surface area contributed by atoms with E-state index in [0.717, 1.165) is 12.8 Å². The molecule has 0 aliphatic carbocycles. The van der Waals surface area contributed by atoms with Gasteiger partial charge in [0.15, 0.2) is 0 Å². The minimum atomic E-state index is -0.438. The molecule has 1 saturated heterocycles. The van der Waals surface area contributed by atoms with E-state index in [9.17, 15) is 14.7 Å². The SMILES string of the molecule is O=C(Nc1ccc(C(=O)N2CCCC(O)C2)cc1)c1ccccc1. The quantitative estimate of drug-likeness (QED) is 0.911. The molecule has 1 atom stereocenters. The first-order valence-corrected chi connectivity index (χ1v) is 8.07. The van der Waals surface area contributed by atoms with E-state index in [1.165, 1.54) is 0 Å². The van der Waals surface area contributed by atoms with Crippen molar-refractivity contribution in [3.8, 4) is 0 Å². The molecule has 5 nitrogen and oxygen atoms in total. The average molecular weight is 324 g/mol. The molecule has 0 aromatic heterocycles. The summed E-state index contributed by atoms with van der Waals surface area (Å²) in [5.41, 5.74) is 1.78. The monoisotopic (exact) mass is 324 g/mol. The minimum Gasteiger partial charge on any atom is -0.391 e. The first kappa shape index (κ1) is 16.2. The van der Waals surface area contributed by atoms with E-state index in [1.54, 1.807) is 41.3 Å². The Morgan fingerprint density at radius 1 is 1.00 bits per heavy atom. The second-order valence-corrected chi connectivity index (χ2v) is 5.94. The molecule has 2 aromatic carbocycles. The zero-order valence-electron chi connectivity index (χ0n) is 13.3. The van der Waals surface area contributed by atoms with Crippen molar-refractivity contribution in [1.82, 2.24) is 4.90 Å². The first-order chi connectivity index (χ1) is 11.6. The number of anilines is 1. The molecule has 3 rings (SSSR count). The van der Waals surface area contributed by atoms with Crippen LogP contribution >= 0.6 is 0 Å². The number of amides is 2. The number of nitrogens with one attached hydrogen (secondary N) is 1. The maximum atomic E-state index is 12.4. The van der Waals surface area contributed by atoms with Crippen LogP contribution in [0, 0.1) is 0 Å². The molecular weight excluding hydrogens is 304 g/mol. The number of β-amino-alcohol motifs (C(OH)–C–C–N with tert-alkyl or cyclic N) is 1. The summed E-state index contributed by atoms with van der Waals surface area (Å²) in [6, 6.07) is 15.8. The number of likely N-dealkylation sites (tertiary alicyclic amines) is 1. The zero-order chi connectivity index (χ0) is 16.9. The van der Waals surface area contributed by atoms with Crippen molar-refractivity contribution >= 4 is 17.5 Å². The highest BCUT2D eigenvalue weighted by atomic mass is 16.3. The highest BCUT2D eigenvalue weighted by Gasteiger charge is 2.22. The molecule has 0 saturated carbocycles. The molecule has 1 heterocycles. The molecule has 0 bridgehead atoms. The molecule has 0 spiro atoms. The zero-order valence-corrected chi connectivity index (χ0v) is 13.3. The molecule has 1 fully saturated rings. The Labute approximate surface area is 140 Å². The highest BCUT2D eigenvalue weighted by molar-refractivity contribution is 6.04. The van der Waals surface area contributed by atoms with Crippen LogP contribution in [0.3, 0.4) is 0 Å². The van der Waals surface area contributed by atoms with Crippen molar-refractivity contribution in [2.75, 3.05) is 18.4 Å². The second kappa shape index (κ2) is 7.27. The number of aliphatic hydroxyl groups excluding tert-OH is 1. The third kappa shape index (κ3) is 3.81. The lowest BCUT2D eigenvalue weighted by Crippen LogP contribution is -2.42. The number of hydrogen-bond donors (Lipinski definition) is 2. The van der Waals surface area contributed by atoms with E-state index >= 15 is 0 Å². The number of hydrogen-bond acceptors (Lipinski definition) is 3. The summed E-state index contributed by atoms with van der Waals surface area (Å²) in [4.78, 5) is 26.2. The van der Waals surface area contributed by atoms with Gasteiger partial charge in [-0.2, -0.15) is 0 Å². The molecule has 0 radical (unpaired) electrons. The van der Waals surface area contributed by atoms with E-state index < -0.39 is 6.10 Å². The van der Waals surface area contributed by atoms with Gasteiger partial charge in [-0.05, 0) is 49.2 Å². The van der Waals surface area contributed by atoms with Crippen LogP contribution < -0.4 is 5.32 Å². The fraction of sp³-hybridized carbons (Fsp3) is 0.263. The lowest BCUT2D eigenvalue weighted by Gasteiger charge is -2.30. The van der Waals surface area contributed by atoms with Gasteiger partial charge in [-0.25, -0.2) is 0 Å². The first-order valence-electron chi connectivity index (χ1n) is 8.07. The van der Waals surface area contributed by atoms with Crippen LogP contribution in [0.4, 0.5) is 5.69 Å². The van der Waals surface area contributed by atoms with E-state index in [0.29, 0.717) is 29.9 Å². The lowest BCUT2D eigenvalue weighted by molar-refractivity contribution is 0.0474. The number of aliphatic hydroxyl groups is 1. The molecule has 2 amide bonds. The van der Waals surface area contributed by atoms with Crippen molar-refractivity contribution in [1.29, 1.82) is 0 Å². The molecule has 2 N–H and O–H groups in total. The van der Waals surface area contributed by atoms with Gasteiger partial charge in [0.1, 0.15) is 0 Å². The van der Waals surface area contributed by atoms with Crippen LogP contribution in [-0.2, 0) is 0 Å². The Bertz CT molecular complexity index is 713. The van der Waals surface area contributed by atoms with Gasteiger partial charge in [0, 0.05) is 29.9 Å². The van der Waals surface area contributed by atoms with Gasteiger partial charge in [0.25, 0.3) is 11.8 Å². The van der Waals surface area contributed by atoms with Crippen LogP contribution in [0.2, 0.25) is 0 Å². The third-order valence-corrected chi connectivity index (χ3v) is 4.11. The molecule has 5 heteroatoms. The number of benzene rings is 2. The van der Waals surface area contributed by atoms with Gasteiger partial charge in [-0.1, -0.05) is 18.2 Å². The van der Waals surface area contributed by atoms with Gasteiger partial charge in [0.2, 0.25) is 0 Å². The predicted molar refractivity (Wildman–Crippen MR) is 92.0 cm³/mol. The molecule has 24 heavy (non-hydrogen) atoms. The Balaban J connectivity index is 1.65. The third-order valence-electron chi connectivity index (χ3n) is 4.11. The highest BCUT2D eigenvalue weighted by Crippen LogP contribution is 2.16. The van der Waals surface area contributed by atoms with Gasteiger partial charge in [-0.15, -0.1) is 0 Å². The summed E-state index contributed by atoms with van der Waals surface area (Å²) in [6.45, 7) is 1.05. The van der Waals surface area contributed by atoms with Crippen molar-refractivity contribution in [3.63, 3.8) is 0 Å². The smallest absolute Gasteiger partial charge is 0.255 e. The van der Waals surface area contributed by atoms with Gasteiger partial charge < -0.3 is 15.3 Å². The maximum Gasteiger partial charge on any atom is 0.255 e. The summed E-state index contributed by atoms with van der Waals surface area (Å²) in [5, 5.41) is 12.5. The van der Waals surface area contributed by atoms with E-state index in [4.69, 9.17) is 0 Å². The standard InChI is InChI=1S/C19H20N2O3/c22-17-7-4-12-21(13-17)19(24)15-8-10-16(11-9-15)20-18(23)14-5-2-1-3-6-14/h1-3,5-6,8-11,17,22H,4,7,12-13H2,(H,20,23).